The van der Waals surface area contributed by atoms with Gasteiger partial charge in [-0.05, 0) is 24.5 Å². The highest BCUT2D eigenvalue weighted by atomic mass is 19.1. The predicted octanol–water partition coefficient (Wildman–Crippen LogP) is 0.834. The molecule has 0 unspecified atom stereocenters. The van der Waals surface area contributed by atoms with E-state index in [0.717, 1.165) is 0 Å². The highest BCUT2D eigenvalue weighted by Crippen LogP contribution is 2.12. The van der Waals surface area contributed by atoms with Crippen molar-refractivity contribution in [2.24, 2.45) is 0 Å². The summed E-state index contributed by atoms with van der Waals surface area (Å²) < 4.78 is 24.3. The minimum Gasteiger partial charge on any atom is -0.394 e. The van der Waals surface area contributed by atoms with Gasteiger partial charge in [-0.25, -0.2) is 9.18 Å². The first-order valence-electron chi connectivity index (χ1n) is 7.78. The summed E-state index contributed by atoms with van der Waals surface area (Å²) in [5, 5.41) is 14.3. The van der Waals surface area contributed by atoms with Crippen LogP contribution >= 0.6 is 0 Å². The molecule has 2 atom stereocenters. The number of ether oxygens (including phenoxy) is 2. The highest BCUT2D eigenvalue weighted by molar-refractivity contribution is 5.74. The molecule has 0 saturated carbocycles. The second-order valence-electron chi connectivity index (χ2n) is 5.34. The highest BCUT2D eigenvalue weighted by Gasteiger charge is 2.27. The zero-order valence-electron chi connectivity index (χ0n) is 13.0. The Kier molecular flexibility index (Phi) is 7.25. The molecule has 0 radical (unpaired) electrons. The lowest BCUT2D eigenvalue weighted by molar-refractivity contribution is -0.0603. The molecule has 7 heteroatoms. The number of hydrogen-bond acceptors (Lipinski definition) is 4. The maximum atomic E-state index is 13.5. The van der Waals surface area contributed by atoms with E-state index in [1.165, 1.54) is 6.07 Å². The van der Waals surface area contributed by atoms with E-state index in [1.54, 1.807) is 18.2 Å². The number of carbonyl (C=O) groups is 1. The molecule has 1 heterocycles. The fraction of sp³-hybridized carbons (Fsp3) is 0.562. The zero-order chi connectivity index (χ0) is 16.5. The smallest absolute Gasteiger partial charge is 0.315 e. The monoisotopic (exact) mass is 326 g/mol. The average Bonchev–Trinajstić information content (AvgIpc) is 2.56. The Balaban J connectivity index is 1.73. The van der Waals surface area contributed by atoms with E-state index in [9.17, 15) is 9.18 Å². The quantitative estimate of drug-likeness (QED) is 0.693. The third-order valence-corrected chi connectivity index (χ3v) is 3.67. The predicted molar refractivity (Wildman–Crippen MR) is 82.7 cm³/mol. The fourth-order valence-corrected chi connectivity index (χ4v) is 2.49. The Labute approximate surface area is 135 Å². The Morgan fingerprint density at radius 3 is 3.04 bits per heavy atom. The van der Waals surface area contributed by atoms with Crippen molar-refractivity contribution in [2.75, 3.05) is 33.0 Å². The number of urea groups is 1. The summed E-state index contributed by atoms with van der Waals surface area (Å²) in [6.45, 7) is 1.46. The first kappa shape index (κ1) is 17.7. The van der Waals surface area contributed by atoms with Crippen LogP contribution in [-0.4, -0.2) is 56.3 Å². The summed E-state index contributed by atoms with van der Waals surface area (Å²) in [5.41, 5.74) is 0.568. The minimum absolute atomic E-state index is 0.0566. The van der Waals surface area contributed by atoms with Gasteiger partial charge in [-0.1, -0.05) is 18.2 Å². The lowest BCUT2D eigenvalue weighted by atomic mass is 10.1. The Morgan fingerprint density at radius 1 is 1.43 bits per heavy atom. The first-order chi connectivity index (χ1) is 11.2. The number of halogens is 1. The topological polar surface area (TPSA) is 79.8 Å². The zero-order valence-corrected chi connectivity index (χ0v) is 13.0. The lowest BCUT2D eigenvalue weighted by Crippen LogP contribution is -2.53. The molecule has 1 aliphatic heterocycles. The molecule has 0 aliphatic carbocycles. The van der Waals surface area contributed by atoms with Gasteiger partial charge in [-0.2, -0.15) is 0 Å². The molecule has 2 rings (SSSR count). The molecular formula is C16H23FN2O4. The van der Waals surface area contributed by atoms with E-state index in [4.69, 9.17) is 14.6 Å². The van der Waals surface area contributed by atoms with Crippen molar-refractivity contribution in [3.8, 4) is 0 Å². The Hall–Kier alpha value is -1.70. The van der Waals surface area contributed by atoms with Gasteiger partial charge in [0.15, 0.2) is 0 Å². The SMILES string of the molecule is O=C(NCCc1ccccc1F)N[C@@H]1COCC[C@@H]1OCCO. The second-order valence-corrected chi connectivity index (χ2v) is 5.34. The van der Waals surface area contributed by atoms with Crippen LogP contribution < -0.4 is 10.6 Å². The summed E-state index contributed by atoms with van der Waals surface area (Å²) in [4.78, 5) is 11.9. The van der Waals surface area contributed by atoms with Gasteiger partial charge in [-0.3, -0.25) is 0 Å². The molecule has 1 aromatic carbocycles. The van der Waals surface area contributed by atoms with Crippen molar-refractivity contribution in [1.29, 1.82) is 0 Å². The molecule has 1 aliphatic rings. The number of aliphatic hydroxyl groups excluding tert-OH is 1. The molecule has 128 valence electrons. The van der Waals surface area contributed by atoms with E-state index >= 15 is 0 Å². The van der Waals surface area contributed by atoms with Gasteiger partial charge >= 0.3 is 6.03 Å². The maximum Gasteiger partial charge on any atom is 0.315 e. The molecule has 1 fully saturated rings. The molecule has 1 saturated heterocycles. The number of benzene rings is 1. The fourth-order valence-electron chi connectivity index (χ4n) is 2.49. The molecule has 0 bridgehead atoms. The molecule has 0 aromatic heterocycles. The van der Waals surface area contributed by atoms with Crippen LogP contribution in [0.4, 0.5) is 9.18 Å². The van der Waals surface area contributed by atoms with Gasteiger partial charge < -0.3 is 25.2 Å². The standard InChI is InChI=1S/C16H23FN2O4/c17-13-4-2-1-3-12(13)5-7-18-16(21)19-14-11-22-9-6-15(14)23-10-8-20/h1-4,14-15,20H,5-11H2,(H2,18,19,21)/t14-,15+/m1/s1. The molecule has 23 heavy (non-hydrogen) atoms. The van der Waals surface area contributed by atoms with Crippen molar-refractivity contribution >= 4 is 6.03 Å². The molecule has 1 aromatic rings. The Bertz CT molecular complexity index is 501. The largest absolute Gasteiger partial charge is 0.394 e. The third-order valence-electron chi connectivity index (χ3n) is 3.67. The van der Waals surface area contributed by atoms with Crippen molar-refractivity contribution in [1.82, 2.24) is 10.6 Å². The van der Waals surface area contributed by atoms with Gasteiger partial charge in [0.25, 0.3) is 0 Å². The van der Waals surface area contributed by atoms with Crippen LogP contribution in [0.25, 0.3) is 0 Å². The van der Waals surface area contributed by atoms with E-state index in [0.29, 0.717) is 38.2 Å². The number of aliphatic hydroxyl groups is 1. The van der Waals surface area contributed by atoms with Crippen LogP contribution in [0.15, 0.2) is 24.3 Å². The third kappa shape index (κ3) is 5.78. The van der Waals surface area contributed by atoms with Gasteiger partial charge in [-0.15, -0.1) is 0 Å². The second kappa shape index (κ2) is 9.44. The molecule has 3 N–H and O–H groups in total. The number of amides is 2. The normalized spacial score (nSPS) is 21.0. The van der Waals surface area contributed by atoms with Crippen molar-refractivity contribution in [2.45, 2.75) is 25.0 Å². The van der Waals surface area contributed by atoms with Crippen LogP contribution in [0.2, 0.25) is 0 Å². The van der Waals surface area contributed by atoms with Gasteiger partial charge in [0, 0.05) is 13.2 Å². The van der Waals surface area contributed by atoms with Crippen LogP contribution in [0.1, 0.15) is 12.0 Å². The van der Waals surface area contributed by atoms with Crippen LogP contribution in [0.3, 0.4) is 0 Å². The van der Waals surface area contributed by atoms with Crippen molar-refractivity contribution in [3.05, 3.63) is 35.6 Å². The summed E-state index contributed by atoms with van der Waals surface area (Å²) in [6, 6.07) is 5.90. The first-order valence-corrected chi connectivity index (χ1v) is 7.78. The summed E-state index contributed by atoms with van der Waals surface area (Å²) in [5.74, 6) is -0.271. The molecule has 0 spiro atoms. The van der Waals surface area contributed by atoms with Gasteiger partial charge in [0.1, 0.15) is 5.82 Å². The van der Waals surface area contributed by atoms with E-state index < -0.39 is 0 Å². The Morgan fingerprint density at radius 2 is 2.26 bits per heavy atom. The van der Waals surface area contributed by atoms with Crippen molar-refractivity contribution < 1.29 is 23.8 Å². The average molecular weight is 326 g/mol. The molecular weight excluding hydrogens is 303 g/mol. The van der Waals surface area contributed by atoms with Crippen LogP contribution in [0, 0.1) is 5.82 Å². The number of nitrogens with one attached hydrogen (secondary N) is 2. The van der Waals surface area contributed by atoms with Crippen LogP contribution in [0.5, 0.6) is 0 Å². The summed E-state index contributed by atoms with van der Waals surface area (Å²) in [7, 11) is 0. The minimum atomic E-state index is -0.338. The van der Waals surface area contributed by atoms with E-state index in [-0.39, 0.29) is 37.2 Å². The molecule has 2 amide bonds. The maximum absolute atomic E-state index is 13.5. The summed E-state index contributed by atoms with van der Waals surface area (Å²) in [6.07, 6.45) is 0.916. The number of carbonyl (C=O) groups excluding carboxylic acids is 1. The van der Waals surface area contributed by atoms with Crippen LogP contribution in [-0.2, 0) is 15.9 Å². The van der Waals surface area contributed by atoms with E-state index in [2.05, 4.69) is 10.6 Å². The number of rotatable bonds is 7. The van der Waals surface area contributed by atoms with E-state index in [1.807, 2.05) is 0 Å². The lowest BCUT2D eigenvalue weighted by Gasteiger charge is -2.31. The van der Waals surface area contributed by atoms with Crippen molar-refractivity contribution in [3.63, 3.8) is 0 Å². The molecule has 6 nitrogen and oxygen atoms in total. The summed E-state index contributed by atoms with van der Waals surface area (Å²) >= 11 is 0. The van der Waals surface area contributed by atoms with Gasteiger partial charge in [0.05, 0.1) is 32.0 Å². The number of hydrogen-bond donors (Lipinski definition) is 3. The van der Waals surface area contributed by atoms with Gasteiger partial charge in [0.2, 0.25) is 0 Å².